The lowest BCUT2D eigenvalue weighted by atomic mass is 9.96. The lowest BCUT2D eigenvalue weighted by molar-refractivity contribution is -0.0948. The van der Waals surface area contributed by atoms with E-state index in [2.05, 4.69) is 32.6 Å². The average Bonchev–Trinajstić information content (AvgIpc) is 2.87. The molecule has 1 aliphatic heterocycles. The van der Waals surface area contributed by atoms with Gasteiger partial charge in [-0.15, -0.1) is 0 Å². The molecule has 2 aromatic heterocycles. The van der Waals surface area contributed by atoms with E-state index in [-0.39, 0.29) is 6.61 Å². The Morgan fingerprint density at radius 1 is 1.52 bits per heavy atom. The summed E-state index contributed by atoms with van der Waals surface area (Å²) in [6, 6.07) is 0. The highest BCUT2D eigenvalue weighted by Crippen LogP contribution is 2.41. The predicted molar refractivity (Wildman–Crippen MR) is 82.9 cm³/mol. The van der Waals surface area contributed by atoms with Gasteiger partial charge in [-0.1, -0.05) is 11.6 Å². The van der Waals surface area contributed by atoms with Gasteiger partial charge in [0.2, 0.25) is 0 Å². The van der Waals surface area contributed by atoms with Gasteiger partial charge in [-0.3, -0.25) is 0 Å². The minimum atomic E-state index is -1.57. The fourth-order valence-corrected chi connectivity index (χ4v) is 3.76. The van der Waals surface area contributed by atoms with Gasteiger partial charge in [-0.05, 0) is 29.5 Å². The number of fused-ring (bicyclic) bond motifs is 1. The molecule has 2 aromatic rings. The first-order valence-corrected chi connectivity index (χ1v) is 7.67. The van der Waals surface area contributed by atoms with Crippen molar-refractivity contribution in [2.75, 3.05) is 6.61 Å². The van der Waals surface area contributed by atoms with Gasteiger partial charge in [-0.2, -0.15) is 0 Å². The molecule has 0 spiro atoms. The van der Waals surface area contributed by atoms with Crippen LogP contribution in [-0.2, 0) is 4.74 Å². The zero-order chi connectivity index (χ0) is 15.4. The molecule has 0 aromatic carbocycles. The van der Waals surface area contributed by atoms with Gasteiger partial charge in [0, 0.05) is 9.77 Å². The maximum absolute atomic E-state index is 10.5. The number of hydrogen-bond donors (Lipinski definition) is 3. The van der Waals surface area contributed by atoms with Crippen LogP contribution in [0, 0.1) is 3.57 Å². The van der Waals surface area contributed by atoms with Crippen molar-refractivity contribution in [3.8, 4) is 0 Å². The Labute approximate surface area is 138 Å². The molecule has 1 saturated heterocycles. The number of aromatic nitrogens is 3. The molecular formula is C12H13ClIN3O4. The lowest BCUT2D eigenvalue weighted by Crippen LogP contribution is -2.44. The fraction of sp³-hybridized carbons (Fsp3) is 0.500. The van der Waals surface area contributed by atoms with Gasteiger partial charge >= 0.3 is 0 Å². The number of nitrogens with zero attached hydrogens (tertiary/aromatic N) is 3. The van der Waals surface area contributed by atoms with Crippen molar-refractivity contribution in [1.82, 2.24) is 14.5 Å². The van der Waals surface area contributed by atoms with Crippen LogP contribution in [0.3, 0.4) is 0 Å². The third kappa shape index (κ3) is 2.25. The zero-order valence-corrected chi connectivity index (χ0v) is 13.9. The Hall–Kier alpha value is -0.520. The molecule has 0 radical (unpaired) electrons. The highest BCUT2D eigenvalue weighted by molar-refractivity contribution is 14.1. The largest absolute Gasteiger partial charge is 0.394 e. The van der Waals surface area contributed by atoms with Crippen molar-refractivity contribution < 1.29 is 20.1 Å². The summed E-state index contributed by atoms with van der Waals surface area (Å²) in [5, 5.41) is 30.8. The van der Waals surface area contributed by atoms with Crippen LogP contribution in [0.5, 0.6) is 0 Å². The van der Waals surface area contributed by atoms with E-state index < -0.39 is 24.0 Å². The molecule has 9 heteroatoms. The van der Waals surface area contributed by atoms with E-state index in [0.717, 1.165) is 3.57 Å². The second-order valence-electron chi connectivity index (χ2n) is 5.13. The summed E-state index contributed by atoms with van der Waals surface area (Å²) in [7, 11) is 0. The van der Waals surface area contributed by atoms with Crippen LogP contribution in [-0.4, -0.2) is 54.3 Å². The van der Waals surface area contributed by atoms with Crippen LogP contribution < -0.4 is 0 Å². The molecule has 0 bridgehead atoms. The Kier molecular flexibility index (Phi) is 3.87. The standard InChI is InChI=1S/C12H13ClIN3O4/c1-12(20)8(19)6(3-18)21-11(12)17-2-5(14)7-9(13)15-4-16-10(7)17/h2,4,6,8,11,18-20H,3H2,1H3/t6?,8-,11?,12-/m1/s1. The zero-order valence-electron chi connectivity index (χ0n) is 10.9. The van der Waals surface area contributed by atoms with E-state index in [1.807, 2.05) is 0 Å². The van der Waals surface area contributed by atoms with Gasteiger partial charge in [0.1, 0.15) is 34.9 Å². The summed E-state index contributed by atoms with van der Waals surface area (Å²) in [6.07, 6.45) is 0.0807. The minimum Gasteiger partial charge on any atom is -0.394 e. The Morgan fingerprint density at radius 2 is 2.24 bits per heavy atom. The number of aliphatic hydroxyl groups excluding tert-OH is 2. The van der Waals surface area contributed by atoms with Crippen molar-refractivity contribution in [2.45, 2.75) is 31.0 Å². The van der Waals surface area contributed by atoms with Crippen LogP contribution in [0.2, 0.25) is 5.15 Å². The number of halogens is 2. The Morgan fingerprint density at radius 3 is 2.86 bits per heavy atom. The summed E-state index contributed by atoms with van der Waals surface area (Å²) in [4.78, 5) is 8.11. The normalized spacial score (nSPS) is 33.0. The minimum absolute atomic E-state index is 0.306. The van der Waals surface area contributed by atoms with Gasteiger partial charge in [0.05, 0.1) is 12.0 Å². The SMILES string of the molecule is C[C@]1(O)C(n2cc(I)c3c(Cl)ncnc32)OC(CO)[C@H]1O. The maximum atomic E-state index is 10.5. The number of rotatable bonds is 2. The summed E-state index contributed by atoms with van der Waals surface area (Å²) < 4.78 is 7.99. The van der Waals surface area contributed by atoms with Gasteiger partial charge in [-0.25, -0.2) is 9.97 Å². The molecule has 114 valence electrons. The number of ether oxygens (including phenoxy) is 1. The summed E-state index contributed by atoms with van der Waals surface area (Å²) >= 11 is 8.16. The third-order valence-electron chi connectivity index (χ3n) is 3.70. The van der Waals surface area contributed by atoms with Crippen LogP contribution in [0.4, 0.5) is 0 Å². The molecule has 3 N–H and O–H groups in total. The summed E-state index contributed by atoms with van der Waals surface area (Å²) in [5.41, 5.74) is -1.07. The van der Waals surface area contributed by atoms with E-state index in [1.54, 1.807) is 10.8 Å². The van der Waals surface area contributed by atoms with Gasteiger partial charge in [0.15, 0.2) is 6.23 Å². The molecule has 7 nitrogen and oxygen atoms in total. The van der Waals surface area contributed by atoms with E-state index in [9.17, 15) is 15.3 Å². The third-order valence-corrected chi connectivity index (χ3v) is 4.81. The van der Waals surface area contributed by atoms with Gasteiger partial charge in [0.25, 0.3) is 0 Å². The number of hydrogen-bond acceptors (Lipinski definition) is 6. The predicted octanol–water partition coefficient (Wildman–Crippen LogP) is 0.691. The van der Waals surface area contributed by atoms with Crippen molar-refractivity contribution in [3.05, 3.63) is 21.2 Å². The molecule has 4 atom stereocenters. The first kappa shape index (κ1) is 15.4. The monoisotopic (exact) mass is 425 g/mol. The molecule has 0 aliphatic carbocycles. The molecule has 1 aliphatic rings. The van der Waals surface area contributed by atoms with Gasteiger partial charge < -0.3 is 24.6 Å². The van der Waals surface area contributed by atoms with Crippen molar-refractivity contribution in [2.24, 2.45) is 0 Å². The Bertz CT molecular complexity index is 692. The quantitative estimate of drug-likeness (QED) is 0.484. The van der Waals surface area contributed by atoms with E-state index in [4.69, 9.17) is 16.3 Å². The number of aliphatic hydroxyl groups is 3. The summed E-state index contributed by atoms with van der Waals surface area (Å²) in [6.45, 7) is 1.07. The van der Waals surface area contributed by atoms with Crippen molar-refractivity contribution in [3.63, 3.8) is 0 Å². The molecule has 3 heterocycles. The molecule has 21 heavy (non-hydrogen) atoms. The smallest absolute Gasteiger partial charge is 0.167 e. The van der Waals surface area contributed by atoms with Crippen LogP contribution in [0.1, 0.15) is 13.2 Å². The maximum Gasteiger partial charge on any atom is 0.167 e. The topological polar surface area (TPSA) is 101 Å². The molecular weight excluding hydrogens is 413 g/mol. The van der Waals surface area contributed by atoms with Crippen LogP contribution >= 0.6 is 34.2 Å². The second kappa shape index (κ2) is 5.28. The van der Waals surface area contributed by atoms with Crippen LogP contribution in [0.25, 0.3) is 11.0 Å². The molecule has 2 unspecified atom stereocenters. The lowest BCUT2D eigenvalue weighted by Gasteiger charge is -2.27. The van der Waals surface area contributed by atoms with Crippen LogP contribution in [0.15, 0.2) is 12.5 Å². The highest BCUT2D eigenvalue weighted by Gasteiger charge is 2.53. The van der Waals surface area contributed by atoms with E-state index in [1.165, 1.54) is 13.3 Å². The molecule has 0 saturated carbocycles. The molecule has 1 fully saturated rings. The first-order valence-electron chi connectivity index (χ1n) is 6.21. The van der Waals surface area contributed by atoms with Crippen molar-refractivity contribution >= 4 is 45.2 Å². The van der Waals surface area contributed by atoms with E-state index >= 15 is 0 Å². The Balaban J connectivity index is 2.15. The van der Waals surface area contributed by atoms with Crippen molar-refractivity contribution in [1.29, 1.82) is 0 Å². The second-order valence-corrected chi connectivity index (χ2v) is 6.65. The molecule has 0 amide bonds. The highest BCUT2D eigenvalue weighted by atomic mass is 127. The average molecular weight is 426 g/mol. The van der Waals surface area contributed by atoms with E-state index in [0.29, 0.717) is 16.2 Å². The summed E-state index contributed by atoms with van der Waals surface area (Å²) in [5.74, 6) is 0. The fourth-order valence-electron chi connectivity index (χ4n) is 2.57. The first-order chi connectivity index (χ1) is 9.87. The molecule has 3 rings (SSSR count).